The molecule has 0 aliphatic heterocycles. The van der Waals surface area contributed by atoms with Crippen molar-refractivity contribution in [2.75, 3.05) is 6.61 Å². The predicted molar refractivity (Wildman–Crippen MR) is 62.0 cm³/mol. The number of fused-ring (bicyclic) bond motifs is 1. The Hall–Kier alpha value is -1.03. The molecule has 3 rings (SSSR count). The van der Waals surface area contributed by atoms with Crippen LogP contribution in [0.1, 0.15) is 12.8 Å². The Morgan fingerprint density at radius 1 is 1.47 bits per heavy atom. The second-order valence-electron chi connectivity index (χ2n) is 3.96. The Morgan fingerprint density at radius 2 is 2.33 bits per heavy atom. The Balaban J connectivity index is 1.91. The Bertz CT molecular complexity index is 490. The molecule has 15 heavy (non-hydrogen) atoms. The third-order valence-electron chi connectivity index (χ3n) is 2.69. The van der Waals surface area contributed by atoms with Gasteiger partial charge in [-0.3, -0.25) is 5.10 Å². The first-order valence-corrected chi connectivity index (χ1v) is 5.88. The zero-order chi connectivity index (χ0) is 10.3. The highest BCUT2D eigenvalue weighted by molar-refractivity contribution is 9.10. The molecule has 78 valence electrons. The van der Waals surface area contributed by atoms with Crippen LogP contribution >= 0.6 is 15.9 Å². The number of halogens is 1. The summed E-state index contributed by atoms with van der Waals surface area (Å²) in [7, 11) is 0. The number of aromatic nitrogens is 2. The number of hydrogen-bond donors (Lipinski definition) is 1. The predicted octanol–water partition coefficient (Wildman–Crippen LogP) is 3.11. The first kappa shape index (κ1) is 9.21. The standard InChI is InChI=1S/C11H11BrN2O/c12-11-8-5-13-14-9(8)3-4-10(11)15-6-7-1-2-7/h3-5,7H,1-2,6H2,(H,13,14). The van der Waals surface area contributed by atoms with Crippen molar-refractivity contribution < 1.29 is 4.74 Å². The molecule has 1 fully saturated rings. The van der Waals surface area contributed by atoms with Crippen molar-refractivity contribution >= 4 is 26.8 Å². The summed E-state index contributed by atoms with van der Waals surface area (Å²) < 4.78 is 6.74. The summed E-state index contributed by atoms with van der Waals surface area (Å²) in [6.45, 7) is 0.835. The number of benzene rings is 1. The fraction of sp³-hybridized carbons (Fsp3) is 0.364. The van der Waals surface area contributed by atoms with Gasteiger partial charge in [0.05, 0.1) is 22.8 Å². The Morgan fingerprint density at radius 3 is 3.13 bits per heavy atom. The SMILES string of the molecule is Brc1c(OCC2CC2)ccc2[nH]ncc12. The third-order valence-corrected chi connectivity index (χ3v) is 3.51. The molecule has 0 amide bonds. The number of nitrogens with one attached hydrogen (secondary N) is 1. The van der Waals surface area contributed by atoms with E-state index < -0.39 is 0 Å². The fourth-order valence-electron chi connectivity index (χ4n) is 1.57. The van der Waals surface area contributed by atoms with Gasteiger partial charge in [-0.1, -0.05) is 0 Å². The summed E-state index contributed by atoms with van der Waals surface area (Å²) in [6.07, 6.45) is 4.43. The molecule has 0 spiro atoms. The maximum atomic E-state index is 5.75. The fourth-order valence-corrected chi connectivity index (χ4v) is 2.13. The number of aromatic amines is 1. The normalized spacial score (nSPS) is 15.8. The minimum absolute atomic E-state index is 0.775. The van der Waals surface area contributed by atoms with E-state index in [1.165, 1.54) is 12.8 Å². The number of hydrogen-bond acceptors (Lipinski definition) is 2. The lowest BCUT2D eigenvalue weighted by atomic mass is 10.2. The Labute approximate surface area is 95.9 Å². The van der Waals surface area contributed by atoms with Gasteiger partial charge in [-0.25, -0.2) is 0 Å². The van der Waals surface area contributed by atoms with Crippen LogP contribution in [0.25, 0.3) is 10.9 Å². The highest BCUT2D eigenvalue weighted by Gasteiger charge is 2.22. The van der Waals surface area contributed by atoms with E-state index in [-0.39, 0.29) is 0 Å². The molecule has 1 saturated carbocycles. The molecule has 0 atom stereocenters. The molecule has 1 aromatic heterocycles. The van der Waals surface area contributed by atoms with E-state index in [1.54, 1.807) is 0 Å². The molecule has 0 saturated heterocycles. The van der Waals surface area contributed by atoms with Crippen molar-refractivity contribution in [1.29, 1.82) is 0 Å². The second-order valence-corrected chi connectivity index (χ2v) is 4.76. The van der Waals surface area contributed by atoms with Gasteiger partial charge in [0.15, 0.2) is 0 Å². The molecule has 0 radical (unpaired) electrons. The summed E-state index contributed by atoms with van der Waals surface area (Å²) in [4.78, 5) is 0. The average molecular weight is 267 g/mol. The van der Waals surface area contributed by atoms with E-state index in [4.69, 9.17) is 4.74 Å². The maximum absolute atomic E-state index is 5.75. The lowest BCUT2D eigenvalue weighted by molar-refractivity contribution is 0.298. The number of nitrogens with zero attached hydrogens (tertiary/aromatic N) is 1. The van der Waals surface area contributed by atoms with Gasteiger partial charge >= 0.3 is 0 Å². The smallest absolute Gasteiger partial charge is 0.134 e. The monoisotopic (exact) mass is 266 g/mol. The molecule has 1 N–H and O–H groups in total. The molecule has 1 aromatic carbocycles. The average Bonchev–Trinajstić information content (AvgIpc) is 2.93. The van der Waals surface area contributed by atoms with Crippen molar-refractivity contribution in [3.63, 3.8) is 0 Å². The first-order valence-electron chi connectivity index (χ1n) is 5.09. The van der Waals surface area contributed by atoms with E-state index in [0.717, 1.165) is 33.6 Å². The number of H-pyrrole nitrogens is 1. The van der Waals surface area contributed by atoms with Crippen molar-refractivity contribution in [3.8, 4) is 5.75 Å². The third kappa shape index (κ3) is 1.74. The van der Waals surface area contributed by atoms with Crippen LogP contribution in [0.5, 0.6) is 5.75 Å². The van der Waals surface area contributed by atoms with E-state index in [2.05, 4.69) is 26.1 Å². The van der Waals surface area contributed by atoms with Crippen LogP contribution in [-0.2, 0) is 0 Å². The number of ether oxygens (including phenoxy) is 1. The minimum atomic E-state index is 0.775. The van der Waals surface area contributed by atoms with Crippen LogP contribution < -0.4 is 4.74 Å². The van der Waals surface area contributed by atoms with Gasteiger partial charge in [0.1, 0.15) is 5.75 Å². The molecule has 1 aliphatic rings. The molecule has 1 aliphatic carbocycles. The van der Waals surface area contributed by atoms with Gasteiger partial charge in [-0.2, -0.15) is 5.10 Å². The quantitative estimate of drug-likeness (QED) is 0.927. The van der Waals surface area contributed by atoms with Crippen LogP contribution in [0.15, 0.2) is 22.8 Å². The molecule has 4 heteroatoms. The van der Waals surface area contributed by atoms with Crippen LogP contribution in [0.2, 0.25) is 0 Å². The summed E-state index contributed by atoms with van der Waals surface area (Å²) in [5.74, 6) is 1.69. The maximum Gasteiger partial charge on any atom is 0.134 e. The highest BCUT2D eigenvalue weighted by Crippen LogP contribution is 2.34. The van der Waals surface area contributed by atoms with Gasteiger partial charge in [0.25, 0.3) is 0 Å². The number of rotatable bonds is 3. The minimum Gasteiger partial charge on any atom is -0.492 e. The van der Waals surface area contributed by atoms with Gasteiger partial charge in [0.2, 0.25) is 0 Å². The molecule has 3 nitrogen and oxygen atoms in total. The van der Waals surface area contributed by atoms with Gasteiger partial charge in [0, 0.05) is 5.39 Å². The second kappa shape index (κ2) is 3.52. The van der Waals surface area contributed by atoms with Crippen LogP contribution in [-0.4, -0.2) is 16.8 Å². The van der Waals surface area contributed by atoms with E-state index in [0.29, 0.717) is 0 Å². The highest BCUT2D eigenvalue weighted by atomic mass is 79.9. The van der Waals surface area contributed by atoms with Gasteiger partial charge < -0.3 is 4.74 Å². The zero-order valence-electron chi connectivity index (χ0n) is 8.16. The van der Waals surface area contributed by atoms with Crippen LogP contribution in [0.3, 0.4) is 0 Å². The molecular formula is C11H11BrN2O. The van der Waals surface area contributed by atoms with Crippen LogP contribution in [0, 0.1) is 5.92 Å². The van der Waals surface area contributed by atoms with Crippen molar-refractivity contribution in [1.82, 2.24) is 10.2 Å². The topological polar surface area (TPSA) is 37.9 Å². The van der Waals surface area contributed by atoms with Crippen LogP contribution in [0.4, 0.5) is 0 Å². The molecule has 0 bridgehead atoms. The van der Waals surface area contributed by atoms with E-state index in [9.17, 15) is 0 Å². The molecular weight excluding hydrogens is 256 g/mol. The summed E-state index contributed by atoms with van der Waals surface area (Å²) >= 11 is 3.55. The lowest BCUT2D eigenvalue weighted by Gasteiger charge is -2.07. The van der Waals surface area contributed by atoms with Gasteiger partial charge in [-0.05, 0) is 46.8 Å². The zero-order valence-corrected chi connectivity index (χ0v) is 9.75. The summed E-state index contributed by atoms with van der Waals surface area (Å²) in [5, 5.41) is 8.00. The lowest BCUT2D eigenvalue weighted by Crippen LogP contribution is -1.99. The summed E-state index contributed by atoms with van der Waals surface area (Å²) in [5.41, 5.74) is 1.03. The molecule has 1 heterocycles. The van der Waals surface area contributed by atoms with Crippen molar-refractivity contribution in [3.05, 3.63) is 22.8 Å². The molecule has 2 aromatic rings. The summed E-state index contributed by atoms with van der Waals surface area (Å²) in [6, 6.07) is 3.97. The van der Waals surface area contributed by atoms with Crippen molar-refractivity contribution in [2.24, 2.45) is 5.92 Å². The Kier molecular flexibility index (Phi) is 2.16. The molecule has 0 unspecified atom stereocenters. The van der Waals surface area contributed by atoms with Gasteiger partial charge in [-0.15, -0.1) is 0 Å². The largest absolute Gasteiger partial charge is 0.492 e. The van der Waals surface area contributed by atoms with E-state index in [1.807, 2.05) is 18.3 Å². The first-order chi connectivity index (χ1) is 7.34. The van der Waals surface area contributed by atoms with E-state index >= 15 is 0 Å². The van der Waals surface area contributed by atoms with Crippen molar-refractivity contribution in [2.45, 2.75) is 12.8 Å².